The molecule has 18 heavy (non-hydrogen) atoms. The SMILES string of the molecule is Cc1nn(C(F)F)cc1-c1cc(Cl)c(O)cc1F. The molecule has 1 aromatic carbocycles. The Hall–Kier alpha value is -1.69. The van der Waals surface area contributed by atoms with Crippen LogP contribution in [0.3, 0.4) is 0 Å². The Balaban J connectivity index is 2.58. The van der Waals surface area contributed by atoms with Gasteiger partial charge in [-0.1, -0.05) is 11.6 Å². The molecule has 1 aromatic heterocycles. The van der Waals surface area contributed by atoms with Gasteiger partial charge in [-0.05, 0) is 13.0 Å². The summed E-state index contributed by atoms with van der Waals surface area (Å²) >= 11 is 5.67. The van der Waals surface area contributed by atoms with E-state index >= 15 is 0 Å². The minimum absolute atomic E-state index is 0.0159. The third-order valence-electron chi connectivity index (χ3n) is 2.44. The zero-order valence-corrected chi connectivity index (χ0v) is 9.92. The molecule has 0 saturated carbocycles. The third-order valence-corrected chi connectivity index (χ3v) is 2.75. The molecule has 2 aromatic rings. The lowest BCUT2D eigenvalue weighted by atomic mass is 10.1. The van der Waals surface area contributed by atoms with Crippen molar-refractivity contribution in [2.24, 2.45) is 0 Å². The molecule has 1 N–H and O–H groups in total. The Kier molecular flexibility index (Phi) is 3.21. The Bertz CT molecular complexity index is 598. The minimum Gasteiger partial charge on any atom is -0.506 e. The molecule has 0 radical (unpaired) electrons. The lowest BCUT2D eigenvalue weighted by Crippen LogP contribution is -1.97. The fraction of sp³-hybridized carbons (Fsp3) is 0.182. The molecule has 0 aliphatic rings. The number of phenols is 1. The topological polar surface area (TPSA) is 38.0 Å². The Morgan fingerprint density at radius 3 is 2.56 bits per heavy atom. The number of alkyl halides is 2. The number of aryl methyl sites for hydroxylation is 1. The summed E-state index contributed by atoms with van der Waals surface area (Å²) in [6.07, 6.45) is 1.03. The van der Waals surface area contributed by atoms with E-state index in [1.165, 1.54) is 13.0 Å². The highest BCUT2D eigenvalue weighted by Crippen LogP contribution is 2.33. The fourth-order valence-electron chi connectivity index (χ4n) is 1.59. The van der Waals surface area contributed by atoms with Crippen LogP contribution < -0.4 is 0 Å². The van der Waals surface area contributed by atoms with Crippen LogP contribution in [-0.2, 0) is 0 Å². The van der Waals surface area contributed by atoms with Crippen LogP contribution in [-0.4, -0.2) is 14.9 Å². The van der Waals surface area contributed by atoms with Crippen LogP contribution >= 0.6 is 11.6 Å². The highest BCUT2D eigenvalue weighted by atomic mass is 35.5. The third kappa shape index (κ3) is 2.15. The van der Waals surface area contributed by atoms with Gasteiger partial charge >= 0.3 is 6.55 Å². The lowest BCUT2D eigenvalue weighted by molar-refractivity contribution is 0.0563. The summed E-state index contributed by atoms with van der Waals surface area (Å²) in [5.74, 6) is -1.16. The maximum Gasteiger partial charge on any atom is 0.333 e. The highest BCUT2D eigenvalue weighted by Gasteiger charge is 2.17. The normalized spacial score (nSPS) is 11.2. The predicted octanol–water partition coefficient (Wildman–Crippen LogP) is 3.75. The molecule has 0 bridgehead atoms. The van der Waals surface area contributed by atoms with E-state index in [0.717, 1.165) is 12.3 Å². The standard InChI is InChI=1S/C11H8ClF3N2O/c1-5-7(4-17(16-5)11(14)15)6-2-8(12)10(18)3-9(6)13/h2-4,11,18H,1H3. The molecule has 0 fully saturated rings. The smallest absolute Gasteiger partial charge is 0.333 e. The van der Waals surface area contributed by atoms with Crippen LogP contribution in [0.15, 0.2) is 18.3 Å². The molecule has 0 saturated heterocycles. The molecule has 0 unspecified atom stereocenters. The van der Waals surface area contributed by atoms with Crippen LogP contribution in [0.4, 0.5) is 13.2 Å². The number of aromatic nitrogens is 2. The summed E-state index contributed by atoms with van der Waals surface area (Å²) in [6, 6.07) is 2.00. The first-order valence-electron chi connectivity index (χ1n) is 4.92. The Morgan fingerprint density at radius 2 is 2.00 bits per heavy atom. The maximum absolute atomic E-state index is 13.7. The molecule has 0 amide bonds. The van der Waals surface area contributed by atoms with Gasteiger partial charge in [-0.3, -0.25) is 0 Å². The van der Waals surface area contributed by atoms with Gasteiger partial charge < -0.3 is 5.11 Å². The Labute approximate surface area is 105 Å². The number of rotatable bonds is 2. The van der Waals surface area contributed by atoms with Crippen molar-refractivity contribution in [2.45, 2.75) is 13.5 Å². The molecule has 0 aliphatic carbocycles. The van der Waals surface area contributed by atoms with Gasteiger partial charge in [0, 0.05) is 23.4 Å². The zero-order valence-electron chi connectivity index (χ0n) is 9.16. The maximum atomic E-state index is 13.7. The summed E-state index contributed by atoms with van der Waals surface area (Å²) in [6.45, 7) is -1.32. The largest absolute Gasteiger partial charge is 0.506 e. The van der Waals surface area contributed by atoms with E-state index in [2.05, 4.69) is 5.10 Å². The number of hydrogen-bond acceptors (Lipinski definition) is 2. The number of benzene rings is 1. The average molecular weight is 277 g/mol. The van der Waals surface area contributed by atoms with Gasteiger partial charge in [-0.25, -0.2) is 9.07 Å². The van der Waals surface area contributed by atoms with Crippen molar-refractivity contribution >= 4 is 11.6 Å². The summed E-state index contributed by atoms with van der Waals surface area (Å²) in [4.78, 5) is 0. The molecule has 3 nitrogen and oxygen atoms in total. The van der Waals surface area contributed by atoms with Crippen LogP contribution in [0, 0.1) is 12.7 Å². The van der Waals surface area contributed by atoms with Crippen LogP contribution in [0.1, 0.15) is 12.2 Å². The van der Waals surface area contributed by atoms with E-state index in [9.17, 15) is 18.3 Å². The van der Waals surface area contributed by atoms with Crippen molar-refractivity contribution < 1.29 is 18.3 Å². The number of hydrogen-bond donors (Lipinski definition) is 1. The molecule has 7 heteroatoms. The summed E-state index contributed by atoms with van der Waals surface area (Å²) in [5.41, 5.74) is 0.466. The van der Waals surface area contributed by atoms with Crippen molar-refractivity contribution in [2.75, 3.05) is 0 Å². The molecule has 1 heterocycles. The van der Waals surface area contributed by atoms with Crippen molar-refractivity contribution in [1.29, 1.82) is 0 Å². The second-order valence-corrected chi connectivity index (χ2v) is 4.08. The van der Waals surface area contributed by atoms with E-state index in [0.29, 0.717) is 4.68 Å². The molecule has 0 atom stereocenters. The van der Waals surface area contributed by atoms with E-state index in [1.807, 2.05) is 0 Å². The van der Waals surface area contributed by atoms with Crippen molar-refractivity contribution in [3.8, 4) is 16.9 Å². The van der Waals surface area contributed by atoms with Gasteiger partial charge in [0.25, 0.3) is 0 Å². The van der Waals surface area contributed by atoms with Gasteiger partial charge in [0.2, 0.25) is 0 Å². The Morgan fingerprint density at radius 1 is 1.33 bits per heavy atom. The molecular weight excluding hydrogens is 269 g/mol. The average Bonchev–Trinajstić information content (AvgIpc) is 2.66. The number of phenolic OH excluding ortho intramolecular Hbond substituents is 1. The first kappa shape index (κ1) is 12.8. The lowest BCUT2D eigenvalue weighted by Gasteiger charge is -2.04. The van der Waals surface area contributed by atoms with Gasteiger partial charge in [0.1, 0.15) is 11.6 Å². The second-order valence-electron chi connectivity index (χ2n) is 3.67. The van der Waals surface area contributed by atoms with Crippen molar-refractivity contribution in [3.63, 3.8) is 0 Å². The van der Waals surface area contributed by atoms with Gasteiger partial charge in [0.15, 0.2) is 0 Å². The fourth-order valence-corrected chi connectivity index (χ4v) is 1.75. The van der Waals surface area contributed by atoms with E-state index in [-0.39, 0.29) is 21.8 Å². The van der Waals surface area contributed by atoms with Gasteiger partial charge in [-0.2, -0.15) is 13.9 Å². The highest BCUT2D eigenvalue weighted by molar-refractivity contribution is 6.32. The van der Waals surface area contributed by atoms with Crippen LogP contribution in [0.25, 0.3) is 11.1 Å². The van der Waals surface area contributed by atoms with Gasteiger partial charge in [0.05, 0.1) is 10.7 Å². The van der Waals surface area contributed by atoms with E-state index in [4.69, 9.17) is 11.6 Å². The molecule has 0 spiro atoms. The number of halogens is 4. The molecule has 96 valence electrons. The first-order chi connectivity index (χ1) is 8.40. The number of nitrogens with zero attached hydrogens (tertiary/aromatic N) is 2. The first-order valence-corrected chi connectivity index (χ1v) is 5.30. The summed E-state index contributed by atoms with van der Waals surface area (Å²) < 4.78 is 39.0. The summed E-state index contributed by atoms with van der Waals surface area (Å²) in [7, 11) is 0. The predicted molar refractivity (Wildman–Crippen MR) is 60.3 cm³/mol. The van der Waals surface area contributed by atoms with Crippen molar-refractivity contribution in [3.05, 3.63) is 34.9 Å². The van der Waals surface area contributed by atoms with E-state index in [1.54, 1.807) is 0 Å². The van der Waals surface area contributed by atoms with E-state index < -0.39 is 18.1 Å². The van der Waals surface area contributed by atoms with Crippen molar-refractivity contribution in [1.82, 2.24) is 9.78 Å². The minimum atomic E-state index is -2.80. The second kappa shape index (κ2) is 4.53. The monoisotopic (exact) mass is 276 g/mol. The zero-order chi connectivity index (χ0) is 13.4. The van der Waals surface area contributed by atoms with Crippen LogP contribution in [0.2, 0.25) is 5.02 Å². The number of aromatic hydroxyl groups is 1. The quantitative estimate of drug-likeness (QED) is 0.907. The molecule has 2 rings (SSSR count). The van der Waals surface area contributed by atoms with Crippen LogP contribution in [0.5, 0.6) is 5.75 Å². The van der Waals surface area contributed by atoms with Gasteiger partial charge in [-0.15, -0.1) is 0 Å². The summed E-state index contributed by atoms with van der Waals surface area (Å²) in [5, 5.41) is 12.7. The molecular formula is C11H8ClF3N2O. The molecule has 0 aliphatic heterocycles.